The predicted molar refractivity (Wildman–Crippen MR) is 326 cm³/mol. The van der Waals surface area contributed by atoms with E-state index in [4.69, 9.17) is 70.3 Å². The molecule has 7 atom stereocenters. The van der Waals surface area contributed by atoms with Gasteiger partial charge in [-0.3, -0.25) is 28.7 Å². The van der Waals surface area contributed by atoms with E-state index in [-0.39, 0.29) is 36.0 Å². The van der Waals surface area contributed by atoms with Crippen molar-refractivity contribution in [3.8, 4) is 23.0 Å². The second-order valence-electron chi connectivity index (χ2n) is 22.2. The van der Waals surface area contributed by atoms with Crippen LogP contribution in [0.4, 0.5) is 9.59 Å². The topological polar surface area (TPSA) is 256 Å². The maximum absolute atomic E-state index is 13.2. The van der Waals surface area contributed by atoms with Gasteiger partial charge in [0.05, 0.1) is 26.9 Å². The van der Waals surface area contributed by atoms with E-state index in [1.165, 1.54) is 33.7 Å². The first-order chi connectivity index (χ1) is 41.5. The highest BCUT2D eigenvalue weighted by Gasteiger charge is 2.45. The van der Waals surface area contributed by atoms with Gasteiger partial charge in [-0.2, -0.15) is 0 Å². The summed E-state index contributed by atoms with van der Waals surface area (Å²) in [5.41, 5.74) is -0.532. The summed E-state index contributed by atoms with van der Waals surface area (Å²) in [7, 11) is -0.252. The van der Waals surface area contributed by atoms with E-state index in [0.29, 0.717) is 45.9 Å². The van der Waals surface area contributed by atoms with E-state index in [1.807, 2.05) is 78.9 Å². The van der Waals surface area contributed by atoms with Gasteiger partial charge in [0, 0.05) is 59.4 Å². The number of nitrogens with one attached hydrogen (secondary N) is 2. The second-order valence-corrected chi connectivity index (χ2v) is 27.9. The first-order valence-corrected chi connectivity index (χ1v) is 31.7. The van der Waals surface area contributed by atoms with Crippen LogP contribution < -0.4 is 41.4 Å². The molecule has 2 aliphatic rings. The average molecular weight is 1250 g/mol. The summed E-state index contributed by atoms with van der Waals surface area (Å²) in [6, 6.07) is 37.5. The smallest absolute Gasteiger partial charge is 0.497 e. The molecule has 0 aliphatic carbocycles. The van der Waals surface area contributed by atoms with Crippen molar-refractivity contribution >= 4 is 43.8 Å². The number of rotatable bonds is 20. The molecule has 0 saturated carbocycles. The Morgan fingerprint density at radius 3 is 1.52 bits per heavy atom. The number of nitrogens with zero attached hydrogens (tertiary/aromatic N) is 2. The van der Waals surface area contributed by atoms with Crippen LogP contribution in [-0.4, -0.2) is 103 Å². The molecule has 0 spiro atoms. The summed E-state index contributed by atoms with van der Waals surface area (Å²) >= 11 is 11.8. The van der Waals surface area contributed by atoms with Crippen LogP contribution in [0.3, 0.4) is 0 Å². The van der Waals surface area contributed by atoms with Crippen molar-refractivity contribution in [1.29, 1.82) is 0 Å². The van der Waals surface area contributed by atoms with Gasteiger partial charge in [-0.05, 0) is 121 Å². The highest BCUT2D eigenvalue weighted by molar-refractivity contribution is 6.74. The van der Waals surface area contributed by atoms with Crippen LogP contribution in [0, 0.1) is 13.8 Å². The molecule has 2 saturated heterocycles. The van der Waals surface area contributed by atoms with Crippen LogP contribution >= 0.6 is 23.2 Å². The average Bonchev–Trinajstić information content (AvgIpc) is 1.51. The highest BCUT2D eigenvalue weighted by atomic mass is 35.5. The van der Waals surface area contributed by atoms with Gasteiger partial charge in [-0.25, -0.2) is 19.2 Å². The molecule has 2 aromatic heterocycles. The Morgan fingerprint density at radius 1 is 0.621 bits per heavy atom. The van der Waals surface area contributed by atoms with E-state index >= 15 is 0 Å². The van der Waals surface area contributed by atoms with E-state index in [0.717, 1.165) is 23.1 Å². The molecule has 4 heterocycles. The Labute approximate surface area is 512 Å². The molecule has 7 aromatic rings. The molecule has 2 fully saturated rings. The third kappa shape index (κ3) is 16.4. The van der Waals surface area contributed by atoms with Crippen molar-refractivity contribution in [2.24, 2.45) is 0 Å². The van der Waals surface area contributed by atoms with Crippen LogP contribution in [0.2, 0.25) is 28.2 Å². The zero-order valence-corrected chi connectivity index (χ0v) is 51.8. The largest absolute Gasteiger partial charge is 0.514 e. The number of benzene rings is 5. The van der Waals surface area contributed by atoms with E-state index in [1.54, 1.807) is 57.4 Å². The van der Waals surface area contributed by atoms with Gasteiger partial charge in [0.15, 0.2) is 8.32 Å². The monoisotopic (exact) mass is 1250 g/mol. The number of ether oxygens (including phenoxy) is 9. The first-order valence-electron chi connectivity index (χ1n) is 28.0. The third-order valence-corrected chi connectivity index (χ3v) is 20.2. The van der Waals surface area contributed by atoms with Gasteiger partial charge in [0.2, 0.25) is 0 Å². The van der Waals surface area contributed by atoms with Gasteiger partial charge in [-0.1, -0.05) is 98.6 Å². The maximum Gasteiger partial charge on any atom is 0.514 e. The number of methoxy groups -OCH3 is 1. The molecule has 87 heavy (non-hydrogen) atoms. The molecule has 0 amide bonds. The molecular formula is C63H70Cl2N4O17Si. The van der Waals surface area contributed by atoms with Crippen molar-refractivity contribution in [2.75, 3.05) is 33.5 Å². The summed E-state index contributed by atoms with van der Waals surface area (Å²) in [6.45, 7) is 14.9. The second kappa shape index (κ2) is 28.8. The fourth-order valence-corrected chi connectivity index (χ4v) is 10.8. The molecular weight excluding hydrogens is 1180 g/mol. The van der Waals surface area contributed by atoms with Gasteiger partial charge in [-0.15, -0.1) is 0 Å². The van der Waals surface area contributed by atoms with E-state index in [2.05, 4.69) is 43.8 Å². The van der Waals surface area contributed by atoms with Crippen molar-refractivity contribution in [3.05, 3.63) is 219 Å². The maximum atomic E-state index is 13.2. The van der Waals surface area contributed by atoms with E-state index in [9.17, 15) is 33.9 Å². The number of aliphatic hydroxyl groups is 1. The highest BCUT2D eigenvalue weighted by Crippen LogP contribution is 2.44. The van der Waals surface area contributed by atoms with Gasteiger partial charge in [0.25, 0.3) is 11.1 Å². The minimum absolute atomic E-state index is 0.0585. The number of aliphatic hydroxyl groups excluding tert-OH is 1. The molecule has 9 rings (SSSR count). The summed E-state index contributed by atoms with van der Waals surface area (Å²) in [4.78, 5) is 78.5. The number of carbonyl (C=O) groups is 2. The number of H-pyrrole nitrogens is 2. The quantitative estimate of drug-likeness (QED) is 0.0211. The third-order valence-electron chi connectivity index (χ3n) is 15.2. The number of aryl methyl sites for hydroxylation is 2. The van der Waals surface area contributed by atoms with Crippen molar-refractivity contribution in [1.82, 2.24) is 19.1 Å². The summed E-state index contributed by atoms with van der Waals surface area (Å²) in [5.74, 6) is 1.83. The molecule has 24 heteroatoms. The number of aromatic nitrogens is 4. The Kier molecular flexibility index (Phi) is 21.6. The van der Waals surface area contributed by atoms with Crippen LogP contribution in [0.15, 0.2) is 159 Å². The SMILES string of the molecule is COc1ccc(C(OC[C@H]2O[C@@H](n3cc(C)c(=O)[nH]c3=O)CC2OC(=O)Oc2ccc(Cl)cc2)(c2ccccc2)c2ccc(OCCCO[Si](C)(C)C(C)(C)C)cc2)cc1.Cc1cn([C@H]2CC(OC(=O)Oc3ccc(Cl)cc3)[C@@H](CO)O2)c(=O)[nH]c1=O. The van der Waals surface area contributed by atoms with Crippen LogP contribution in [-0.2, 0) is 33.7 Å². The van der Waals surface area contributed by atoms with Crippen LogP contribution in [0.5, 0.6) is 23.0 Å². The lowest BCUT2D eigenvalue weighted by Crippen LogP contribution is -2.41. The minimum atomic E-state index is -1.86. The van der Waals surface area contributed by atoms with Crippen molar-refractivity contribution < 1.29 is 61.8 Å². The molecule has 3 unspecified atom stereocenters. The number of hydrogen-bond acceptors (Lipinski definition) is 17. The Balaban J connectivity index is 0.000000302. The lowest BCUT2D eigenvalue weighted by atomic mass is 9.80. The normalized spacial score (nSPS) is 19.0. The molecule has 2 aliphatic heterocycles. The molecule has 3 N–H and O–H groups in total. The van der Waals surface area contributed by atoms with Crippen molar-refractivity contribution in [3.63, 3.8) is 0 Å². The molecule has 462 valence electrons. The molecule has 5 aromatic carbocycles. The number of aromatic amines is 2. The summed E-state index contributed by atoms with van der Waals surface area (Å²) < 4.78 is 61.4. The Morgan fingerprint density at radius 2 is 1.06 bits per heavy atom. The standard InChI is InChI=1S/C46H53ClN2O10Si.C17H17ClN2O7/c1-31-29-49(43(51)48-42(31)50)41-28-39(59-44(52)57-38-24-18-35(47)19-25-38)40(58-41)30-55-46(32-12-9-8-10-13-32,33-14-20-36(53-5)21-15-33)34-16-22-37(23-17-34)54-26-11-27-56-60(6,7)45(2,3)4;1-9-7-20(16(23)19-15(9)22)14-6-12(13(8-21)26-14)27-17(24)25-11-4-2-10(18)3-5-11/h8-10,12-25,29,39-41H,11,26-28,30H2,1-7H3,(H,48,50,51);2-5,7,12-14,21H,6,8H2,1H3,(H,19,22,23)/t39?,40-,41-,46?;12?,13-,14-/m11/s1. The summed E-state index contributed by atoms with van der Waals surface area (Å²) in [5, 5.41) is 10.6. The van der Waals surface area contributed by atoms with Crippen molar-refractivity contribution in [2.45, 2.75) is 114 Å². The minimum Gasteiger partial charge on any atom is -0.497 e. The van der Waals surface area contributed by atoms with Gasteiger partial charge >= 0.3 is 23.7 Å². The van der Waals surface area contributed by atoms with Gasteiger partial charge < -0.3 is 52.2 Å². The van der Waals surface area contributed by atoms with Crippen LogP contribution in [0.25, 0.3) is 0 Å². The Bertz CT molecular complexity index is 3690. The zero-order chi connectivity index (χ0) is 62.6. The Hall–Kier alpha value is -7.80. The van der Waals surface area contributed by atoms with Gasteiger partial charge in [0.1, 0.15) is 65.5 Å². The number of hydrogen-bond donors (Lipinski definition) is 3. The fourth-order valence-electron chi connectivity index (χ4n) is 9.43. The lowest BCUT2D eigenvalue weighted by molar-refractivity contribution is -0.0975. The number of carbonyl (C=O) groups excluding carboxylic acids is 2. The zero-order valence-electron chi connectivity index (χ0n) is 49.3. The van der Waals surface area contributed by atoms with E-state index < -0.39 is 92.2 Å². The molecule has 21 nitrogen and oxygen atoms in total. The lowest BCUT2D eigenvalue weighted by Gasteiger charge is -2.37. The van der Waals surface area contributed by atoms with Crippen LogP contribution in [0.1, 0.15) is 80.3 Å². The predicted octanol–water partition coefficient (Wildman–Crippen LogP) is 10.5. The number of halogens is 2. The fraction of sp³-hybridized carbons (Fsp3) is 0.365. The summed E-state index contributed by atoms with van der Waals surface area (Å²) in [6.07, 6.45) is -3.49. The first kappa shape index (κ1) is 65.2. The molecule has 0 bridgehead atoms. The molecule has 0 radical (unpaired) electrons.